The van der Waals surface area contributed by atoms with Gasteiger partial charge in [0.15, 0.2) is 0 Å². The molecule has 1 fully saturated rings. The third-order valence-corrected chi connectivity index (χ3v) is 5.25. The van der Waals surface area contributed by atoms with E-state index in [9.17, 15) is 9.59 Å². The Morgan fingerprint density at radius 1 is 1.10 bits per heavy atom. The molecular weight excluding hydrogens is 390 g/mol. The molecule has 7 heteroatoms. The average Bonchev–Trinajstić information content (AvgIpc) is 3.58. The minimum Gasteiger partial charge on any atom is -0.349 e. The molecule has 31 heavy (non-hydrogen) atoms. The summed E-state index contributed by atoms with van der Waals surface area (Å²) in [6, 6.07) is 13.2. The van der Waals surface area contributed by atoms with Gasteiger partial charge in [0.25, 0.3) is 11.5 Å². The molecule has 0 unspecified atom stereocenters. The van der Waals surface area contributed by atoms with Crippen molar-refractivity contribution >= 4 is 28.2 Å². The van der Waals surface area contributed by atoms with Crippen LogP contribution in [0.2, 0.25) is 0 Å². The number of hydrogen-bond acceptors (Lipinski definition) is 5. The van der Waals surface area contributed by atoms with Crippen LogP contribution >= 0.6 is 0 Å². The van der Waals surface area contributed by atoms with E-state index in [4.69, 9.17) is 4.98 Å². The number of carbonyl (C=O) groups is 1. The molecule has 1 amide bonds. The van der Waals surface area contributed by atoms with Crippen LogP contribution in [0.5, 0.6) is 0 Å². The van der Waals surface area contributed by atoms with E-state index in [1.807, 2.05) is 37.3 Å². The summed E-state index contributed by atoms with van der Waals surface area (Å²) in [4.78, 5) is 36.5. The minimum atomic E-state index is -0.221. The number of nitrogens with one attached hydrogen (secondary N) is 3. The van der Waals surface area contributed by atoms with Gasteiger partial charge < -0.3 is 15.6 Å². The van der Waals surface area contributed by atoms with Gasteiger partial charge in [0.2, 0.25) is 0 Å². The van der Waals surface area contributed by atoms with Crippen LogP contribution in [0.25, 0.3) is 22.0 Å². The fourth-order valence-corrected chi connectivity index (χ4v) is 3.49. The molecule has 0 atom stereocenters. The third kappa shape index (κ3) is 4.02. The highest BCUT2D eigenvalue weighted by molar-refractivity contribution is 5.96. The molecule has 0 radical (unpaired) electrons. The van der Waals surface area contributed by atoms with E-state index in [1.165, 1.54) is 0 Å². The quantitative estimate of drug-likeness (QED) is 0.462. The number of carbonyl (C=O) groups excluding carboxylic acids is 1. The summed E-state index contributed by atoms with van der Waals surface area (Å²) < 4.78 is 0. The van der Waals surface area contributed by atoms with Crippen LogP contribution in [-0.4, -0.2) is 26.9 Å². The molecule has 7 nitrogen and oxygen atoms in total. The summed E-state index contributed by atoms with van der Waals surface area (Å²) in [6.07, 6.45) is 7.26. The first-order chi connectivity index (χ1) is 15.1. The number of rotatable bonds is 5. The molecule has 3 heterocycles. The predicted octanol–water partition coefficient (Wildman–Crippen LogP) is 3.93. The van der Waals surface area contributed by atoms with Crippen LogP contribution in [0.1, 0.15) is 28.8 Å². The van der Waals surface area contributed by atoms with Crippen LogP contribution in [0.15, 0.2) is 65.8 Å². The second-order valence-electron chi connectivity index (χ2n) is 7.83. The SMILES string of the molecule is Cc1cncc(-c2cc3cc[nH]c(=O)c3c(Nc3ccc(C(=O)NC4CC4)cc3)n2)c1. The topological polar surface area (TPSA) is 99.8 Å². The number of anilines is 2. The number of fused-ring (bicyclic) bond motifs is 1. The zero-order chi connectivity index (χ0) is 21.4. The number of aromatic amines is 1. The second kappa shape index (κ2) is 7.68. The highest BCUT2D eigenvalue weighted by atomic mass is 16.1. The first-order valence-electron chi connectivity index (χ1n) is 10.2. The van der Waals surface area contributed by atoms with Gasteiger partial charge in [0.05, 0.1) is 11.1 Å². The molecule has 0 saturated heterocycles. The molecule has 5 rings (SSSR count). The molecule has 3 aromatic heterocycles. The summed E-state index contributed by atoms with van der Waals surface area (Å²) in [6.45, 7) is 1.97. The maximum Gasteiger partial charge on any atom is 0.259 e. The minimum absolute atomic E-state index is 0.0667. The van der Waals surface area contributed by atoms with E-state index < -0.39 is 0 Å². The Labute approximate surface area is 178 Å². The van der Waals surface area contributed by atoms with Gasteiger partial charge in [0.1, 0.15) is 5.82 Å². The van der Waals surface area contributed by atoms with Crippen LogP contribution in [-0.2, 0) is 0 Å². The number of nitrogens with zero attached hydrogens (tertiary/aromatic N) is 2. The lowest BCUT2D eigenvalue weighted by molar-refractivity contribution is 0.0951. The number of benzene rings is 1. The fraction of sp³-hybridized carbons (Fsp3) is 0.167. The summed E-state index contributed by atoms with van der Waals surface area (Å²) in [7, 11) is 0. The van der Waals surface area contributed by atoms with Crippen molar-refractivity contribution in [3.8, 4) is 11.3 Å². The van der Waals surface area contributed by atoms with Gasteiger partial charge in [-0.2, -0.15) is 0 Å². The van der Waals surface area contributed by atoms with Gasteiger partial charge in [-0.25, -0.2) is 4.98 Å². The summed E-state index contributed by atoms with van der Waals surface area (Å²) >= 11 is 0. The molecule has 0 bridgehead atoms. The van der Waals surface area contributed by atoms with Crippen LogP contribution in [0.3, 0.4) is 0 Å². The molecular formula is C24H21N5O2. The number of hydrogen-bond donors (Lipinski definition) is 3. The van der Waals surface area contributed by atoms with Crippen molar-refractivity contribution in [1.29, 1.82) is 0 Å². The van der Waals surface area contributed by atoms with E-state index in [-0.39, 0.29) is 11.5 Å². The molecule has 3 N–H and O–H groups in total. The van der Waals surface area contributed by atoms with Crippen molar-refractivity contribution < 1.29 is 4.79 Å². The van der Waals surface area contributed by atoms with Gasteiger partial charge >= 0.3 is 0 Å². The third-order valence-electron chi connectivity index (χ3n) is 5.25. The second-order valence-corrected chi connectivity index (χ2v) is 7.83. The van der Waals surface area contributed by atoms with Gasteiger partial charge in [-0.3, -0.25) is 14.6 Å². The highest BCUT2D eigenvalue weighted by Crippen LogP contribution is 2.28. The monoisotopic (exact) mass is 411 g/mol. The van der Waals surface area contributed by atoms with Crippen LogP contribution in [0, 0.1) is 6.92 Å². The lowest BCUT2D eigenvalue weighted by Gasteiger charge is -2.12. The molecule has 1 aliphatic rings. The van der Waals surface area contributed by atoms with E-state index >= 15 is 0 Å². The maximum atomic E-state index is 12.5. The predicted molar refractivity (Wildman–Crippen MR) is 121 cm³/mol. The largest absolute Gasteiger partial charge is 0.349 e. The Morgan fingerprint density at radius 2 is 1.90 bits per heavy atom. The van der Waals surface area contributed by atoms with E-state index in [1.54, 1.807) is 30.7 Å². The Balaban J connectivity index is 1.52. The van der Waals surface area contributed by atoms with Crippen LogP contribution < -0.4 is 16.2 Å². The Kier molecular flexibility index (Phi) is 4.71. The normalized spacial score (nSPS) is 13.2. The van der Waals surface area contributed by atoms with Crippen molar-refractivity contribution in [2.45, 2.75) is 25.8 Å². The van der Waals surface area contributed by atoms with Crippen molar-refractivity contribution in [2.75, 3.05) is 5.32 Å². The van der Waals surface area contributed by atoms with Gasteiger partial charge in [-0.1, -0.05) is 0 Å². The average molecular weight is 411 g/mol. The summed E-state index contributed by atoms with van der Waals surface area (Å²) in [5, 5.41) is 7.48. The number of amides is 1. The van der Waals surface area contributed by atoms with Gasteiger partial charge in [-0.15, -0.1) is 0 Å². The molecule has 0 aliphatic heterocycles. The Morgan fingerprint density at radius 3 is 2.65 bits per heavy atom. The maximum absolute atomic E-state index is 12.5. The molecule has 1 saturated carbocycles. The van der Waals surface area contributed by atoms with Crippen molar-refractivity contribution in [1.82, 2.24) is 20.3 Å². The fourth-order valence-electron chi connectivity index (χ4n) is 3.49. The van der Waals surface area contributed by atoms with Crippen LogP contribution in [0.4, 0.5) is 11.5 Å². The zero-order valence-electron chi connectivity index (χ0n) is 17.0. The Bertz CT molecular complexity index is 1340. The zero-order valence-corrected chi connectivity index (χ0v) is 17.0. The first-order valence-corrected chi connectivity index (χ1v) is 10.2. The van der Waals surface area contributed by atoms with Crippen molar-refractivity contribution in [3.05, 3.63) is 82.5 Å². The van der Waals surface area contributed by atoms with Crippen molar-refractivity contribution in [3.63, 3.8) is 0 Å². The van der Waals surface area contributed by atoms with E-state index in [0.717, 1.165) is 40.7 Å². The molecule has 1 aromatic carbocycles. The smallest absolute Gasteiger partial charge is 0.259 e. The number of H-pyrrole nitrogens is 1. The highest BCUT2D eigenvalue weighted by Gasteiger charge is 2.23. The molecule has 1 aliphatic carbocycles. The lowest BCUT2D eigenvalue weighted by atomic mass is 10.1. The van der Waals surface area contributed by atoms with Crippen molar-refractivity contribution in [2.24, 2.45) is 0 Å². The van der Waals surface area contributed by atoms with E-state index in [2.05, 4.69) is 20.6 Å². The van der Waals surface area contributed by atoms with Gasteiger partial charge in [-0.05, 0) is 73.2 Å². The van der Waals surface area contributed by atoms with Gasteiger partial charge in [0, 0.05) is 41.4 Å². The number of aryl methyl sites for hydroxylation is 1. The molecule has 154 valence electrons. The van der Waals surface area contributed by atoms with E-state index in [0.29, 0.717) is 22.8 Å². The first kappa shape index (κ1) is 19.0. The summed E-state index contributed by atoms with van der Waals surface area (Å²) in [5.74, 6) is 0.383. The molecule has 4 aromatic rings. The summed E-state index contributed by atoms with van der Waals surface area (Å²) in [5.41, 5.74) is 3.74. The Hall–Kier alpha value is -4.00. The number of aromatic nitrogens is 3. The molecule has 0 spiro atoms. The standard InChI is InChI=1S/C24H21N5O2/c1-14-10-17(13-25-12-14)20-11-16-8-9-26-24(31)21(16)22(29-20)27-18-4-2-15(3-5-18)23(30)28-19-6-7-19/h2-5,8-13,19H,6-7H2,1H3,(H,26,31)(H,27,29)(H,28,30). The lowest BCUT2D eigenvalue weighted by Crippen LogP contribution is -2.25. The number of pyridine rings is 3.